The van der Waals surface area contributed by atoms with Gasteiger partial charge in [-0.05, 0) is 54.4 Å². The Balaban J connectivity index is 1.32. The maximum absolute atomic E-state index is 12.7. The molecule has 0 bridgehead atoms. The van der Waals surface area contributed by atoms with Gasteiger partial charge in [0.25, 0.3) is 5.91 Å². The number of hydrogen-bond acceptors (Lipinski definition) is 5. The van der Waals surface area contributed by atoms with Crippen LogP contribution in [-0.2, 0) is 11.2 Å². The molecular weight excluding hydrogens is 380 g/mol. The number of rotatable bonds is 4. The first kappa shape index (κ1) is 19.8. The zero-order valence-electron chi connectivity index (χ0n) is 16.6. The zero-order valence-corrected chi connectivity index (χ0v) is 16.6. The third-order valence-electron chi connectivity index (χ3n) is 5.61. The van der Waals surface area contributed by atoms with Gasteiger partial charge in [-0.15, -0.1) is 0 Å². The van der Waals surface area contributed by atoms with Crippen molar-refractivity contribution in [3.8, 4) is 6.07 Å². The van der Waals surface area contributed by atoms with Crippen LogP contribution in [0.3, 0.4) is 0 Å². The summed E-state index contributed by atoms with van der Waals surface area (Å²) < 4.78 is 0. The number of Topliss-reactive ketones (excluding diaryl/α,β-unsaturated/α-hetero) is 1. The Hall–Kier alpha value is -3.50. The Bertz CT molecular complexity index is 1030. The summed E-state index contributed by atoms with van der Waals surface area (Å²) in [6.07, 6.45) is 1.10. The van der Waals surface area contributed by atoms with E-state index in [1.54, 1.807) is 41.3 Å². The molecule has 0 spiro atoms. The highest BCUT2D eigenvalue weighted by atomic mass is 16.2. The molecule has 0 atom stereocenters. The molecular formula is C23H22N4O3. The topological polar surface area (TPSA) is 93.5 Å². The van der Waals surface area contributed by atoms with Gasteiger partial charge in [0.2, 0.25) is 5.91 Å². The predicted molar refractivity (Wildman–Crippen MR) is 111 cm³/mol. The van der Waals surface area contributed by atoms with Crippen molar-refractivity contribution in [1.29, 1.82) is 5.26 Å². The smallest absolute Gasteiger partial charge is 0.253 e. The number of ketones is 1. The van der Waals surface area contributed by atoms with Gasteiger partial charge in [0, 0.05) is 49.4 Å². The number of nitrogens with zero attached hydrogens (tertiary/aromatic N) is 3. The van der Waals surface area contributed by atoms with Gasteiger partial charge < -0.3 is 10.2 Å². The van der Waals surface area contributed by atoms with Crippen molar-refractivity contribution < 1.29 is 14.4 Å². The maximum Gasteiger partial charge on any atom is 0.253 e. The molecule has 1 N–H and O–H groups in total. The molecule has 2 amide bonds. The molecule has 0 saturated carbocycles. The van der Waals surface area contributed by atoms with E-state index in [1.165, 1.54) is 0 Å². The summed E-state index contributed by atoms with van der Waals surface area (Å²) in [4.78, 5) is 40.7. The fraction of sp³-hybridized carbons (Fsp3) is 0.304. The Morgan fingerprint density at radius 3 is 2.37 bits per heavy atom. The molecule has 2 aromatic rings. The molecule has 2 aliphatic heterocycles. The van der Waals surface area contributed by atoms with E-state index in [0.29, 0.717) is 62.3 Å². The second-order valence-corrected chi connectivity index (χ2v) is 7.60. The molecule has 2 aromatic carbocycles. The largest absolute Gasteiger partial charge is 0.336 e. The molecule has 30 heavy (non-hydrogen) atoms. The number of amides is 2. The van der Waals surface area contributed by atoms with Gasteiger partial charge in [0.05, 0.1) is 18.2 Å². The van der Waals surface area contributed by atoms with Crippen LogP contribution in [0.2, 0.25) is 0 Å². The highest BCUT2D eigenvalue weighted by Gasteiger charge is 2.24. The summed E-state index contributed by atoms with van der Waals surface area (Å²) in [5.74, 6) is -0.00114. The lowest BCUT2D eigenvalue weighted by Crippen LogP contribution is -2.49. The van der Waals surface area contributed by atoms with Crippen LogP contribution in [0.15, 0.2) is 42.5 Å². The molecule has 0 radical (unpaired) electrons. The first-order valence-electron chi connectivity index (χ1n) is 10.0. The van der Waals surface area contributed by atoms with Gasteiger partial charge in [0.1, 0.15) is 0 Å². The van der Waals surface area contributed by atoms with Crippen LogP contribution in [0.4, 0.5) is 5.69 Å². The van der Waals surface area contributed by atoms with Crippen molar-refractivity contribution >= 4 is 23.3 Å². The number of nitriles is 1. The molecule has 0 aromatic heterocycles. The standard InChI is InChI=1S/C23H22N4O3/c24-14-16-1-3-17(4-2-16)23(30)27-11-9-26(10-12-27)15-21(28)19-5-7-20-18(13-19)6-8-22(29)25-20/h1-5,7,13H,6,8-12,15H2,(H,25,29). The van der Waals surface area contributed by atoms with Crippen molar-refractivity contribution in [3.05, 3.63) is 64.7 Å². The second-order valence-electron chi connectivity index (χ2n) is 7.60. The van der Waals surface area contributed by atoms with E-state index < -0.39 is 0 Å². The summed E-state index contributed by atoms with van der Waals surface area (Å²) in [6.45, 7) is 2.69. The molecule has 1 saturated heterocycles. The van der Waals surface area contributed by atoms with Crippen molar-refractivity contribution in [2.75, 3.05) is 38.0 Å². The second kappa shape index (κ2) is 8.47. The average Bonchev–Trinajstić information content (AvgIpc) is 2.78. The number of carbonyl (C=O) groups is 3. The lowest BCUT2D eigenvalue weighted by molar-refractivity contribution is -0.116. The van der Waals surface area contributed by atoms with Gasteiger partial charge in [-0.25, -0.2) is 0 Å². The maximum atomic E-state index is 12.7. The molecule has 2 aliphatic rings. The van der Waals surface area contributed by atoms with E-state index in [-0.39, 0.29) is 17.6 Å². The number of piperazine rings is 1. The van der Waals surface area contributed by atoms with Crippen LogP contribution in [0, 0.1) is 11.3 Å². The highest BCUT2D eigenvalue weighted by molar-refractivity contribution is 6.00. The summed E-state index contributed by atoms with van der Waals surface area (Å²) >= 11 is 0. The summed E-state index contributed by atoms with van der Waals surface area (Å²) in [5.41, 5.74) is 3.54. The van der Waals surface area contributed by atoms with Gasteiger partial charge >= 0.3 is 0 Å². The SMILES string of the molecule is N#Cc1ccc(C(=O)N2CCN(CC(=O)c3ccc4c(c3)CCC(=O)N4)CC2)cc1. The quantitative estimate of drug-likeness (QED) is 0.791. The van der Waals surface area contributed by atoms with Crippen LogP contribution in [-0.4, -0.2) is 60.1 Å². The number of benzene rings is 2. The number of fused-ring (bicyclic) bond motifs is 1. The van der Waals surface area contributed by atoms with Crippen LogP contribution in [0.1, 0.15) is 38.3 Å². The first-order valence-corrected chi connectivity index (χ1v) is 10.0. The Kier molecular flexibility index (Phi) is 5.59. The van der Waals surface area contributed by atoms with Crippen molar-refractivity contribution in [3.63, 3.8) is 0 Å². The minimum Gasteiger partial charge on any atom is -0.336 e. The van der Waals surface area contributed by atoms with Crippen LogP contribution >= 0.6 is 0 Å². The van der Waals surface area contributed by atoms with Crippen LogP contribution < -0.4 is 5.32 Å². The lowest BCUT2D eigenvalue weighted by Gasteiger charge is -2.34. The fourth-order valence-electron chi connectivity index (χ4n) is 3.83. The number of aryl methyl sites for hydroxylation is 1. The van der Waals surface area contributed by atoms with Gasteiger partial charge in [0.15, 0.2) is 5.78 Å². The minimum atomic E-state index is -0.0535. The van der Waals surface area contributed by atoms with E-state index in [9.17, 15) is 14.4 Å². The fourth-order valence-corrected chi connectivity index (χ4v) is 3.83. The highest BCUT2D eigenvalue weighted by Crippen LogP contribution is 2.24. The summed E-state index contributed by atoms with van der Waals surface area (Å²) in [7, 11) is 0. The van der Waals surface area contributed by atoms with Gasteiger partial charge in [-0.1, -0.05) is 0 Å². The van der Waals surface area contributed by atoms with E-state index >= 15 is 0 Å². The lowest BCUT2D eigenvalue weighted by atomic mass is 9.98. The van der Waals surface area contributed by atoms with Crippen molar-refractivity contribution in [2.24, 2.45) is 0 Å². The number of anilines is 1. The van der Waals surface area contributed by atoms with E-state index in [1.807, 2.05) is 12.1 Å². The summed E-state index contributed by atoms with van der Waals surface area (Å²) in [6, 6.07) is 14.1. The molecule has 0 aliphatic carbocycles. The number of carbonyl (C=O) groups excluding carboxylic acids is 3. The molecule has 2 heterocycles. The third-order valence-corrected chi connectivity index (χ3v) is 5.61. The van der Waals surface area contributed by atoms with Crippen LogP contribution in [0.5, 0.6) is 0 Å². The zero-order chi connectivity index (χ0) is 21.1. The molecule has 7 heteroatoms. The number of nitrogens with one attached hydrogen (secondary N) is 1. The minimum absolute atomic E-state index is 0.00926. The third kappa shape index (κ3) is 4.24. The van der Waals surface area contributed by atoms with E-state index in [4.69, 9.17) is 5.26 Å². The first-order chi connectivity index (χ1) is 14.5. The van der Waals surface area contributed by atoms with Crippen molar-refractivity contribution in [1.82, 2.24) is 9.80 Å². The number of hydrogen-bond donors (Lipinski definition) is 1. The van der Waals surface area contributed by atoms with Gasteiger partial charge in [-0.3, -0.25) is 19.3 Å². The molecule has 1 fully saturated rings. The molecule has 4 rings (SSSR count). The summed E-state index contributed by atoms with van der Waals surface area (Å²) in [5, 5.41) is 11.7. The van der Waals surface area contributed by atoms with E-state index in [2.05, 4.69) is 10.2 Å². The molecule has 0 unspecified atom stereocenters. The normalized spacial score (nSPS) is 16.4. The van der Waals surface area contributed by atoms with Crippen LogP contribution in [0.25, 0.3) is 0 Å². The average molecular weight is 402 g/mol. The Morgan fingerprint density at radius 1 is 0.967 bits per heavy atom. The predicted octanol–water partition coefficient (Wildman–Crippen LogP) is 2.08. The van der Waals surface area contributed by atoms with Crippen molar-refractivity contribution in [2.45, 2.75) is 12.8 Å². The monoisotopic (exact) mass is 402 g/mol. The molecule has 152 valence electrons. The van der Waals surface area contributed by atoms with E-state index in [0.717, 1.165) is 11.3 Å². The Morgan fingerprint density at radius 2 is 1.67 bits per heavy atom. The van der Waals surface area contributed by atoms with Gasteiger partial charge in [-0.2, -0.15) is 5.26 Å². The molecule has 7 nitrogen and oxygen atoms in total. The Labute approximate surface area is 174 Å².